The Labute approximate surface area is 268 Å². The number of alkyl halides is 2. The van der Waals surface area contributed by atoms with Gasteiger partial charge in [-0.3, -0.25) is 4.79 Å². The number of hydrogen-bond donors (Lipinski definition) is 0. The minimum atomic E-state index is -2.72. The van der Waals surface area contributed by atoms with E-state index in [1.807, 2.05) is 18.2 Å². The van der Waals surface area contributed by atoms with Crippen molar-refractivity contribution in [2.75, 3.05) is 55.8 Å². The number of amides is 1. The standard InChI is InChI=1S/C32H36ClF2N7O2Si/c1-39-14-4-18-45(39)21-44-32-37-26-20-40(27-8-3-6-22-5-2-7-25(33)30(22)27)15-12-24(26)31(38-32)41-16-17-42(23(19-41)11-13-36)29(43)10-9-28(34)35/h2-3,5-10,23,28,45H,4,11-12,14-21H2,1H3/b10-9+/t23-,45-/m0/s1. The van der Waals surface area contributed by atoms with Crippen molar-refractivity contribution >= 4 is 48.7 Å². The Kier molecular flexibility index (Phi) is 9.49. The lowest BCUT2D eigenvalue weighted by molar-refractivity contribution is -0.128. The number of allylic oxidation sites excluding steroid dienone is 1. The molecule has 0 spiro atoms. The summed E-state index contributed by atoms with van der Waals surface area (Å²) in [5.74, 6) is 0.240. The molecular weight excluding hydrogens is 616 g/mol. The van der Waals surface area contributed by atoms with Crippen LogP contribution in [0.3, 0.4) is 0 Å². The van der Waals surface area contributed by atoms with Crippen molar-refractivity contribution in [3.05, 3.63) is 64.8 Å². The van der Waals surface area contributed by atoms with Gasteiger partial charge >= 0.3 is 6.01 Å². The van der Waals surface area contributed by atoms with Gasteiger partial charge in [0.05, 0.1) is 42.0 Å². The van der Waals surface area contributed by atoms with Crippen LogP contribution in [0, 0.1) is 11.3 Å². The minimum absolute atomic E-state index is 0.0800. The van der Waals surface area contributed by atoms with Crippen molar-refractivity contribution in [1.82, 2.24) is 19.4 Å². The van der Waals surface area contributed by atoms with E-state index in [0.717, 1.165) is 52.7 Å². The van der Waals surface area contributed by atoms with Crippen LogP contribution in [-0.4, -0.2) is 92.8 Å². The van der Waals surface area contributed by atoms with Gasteiger partial charge in [-0.25, -0.2) is 8.78 Å². The number of ether oxygens (including phenoxy) is 1. The van der Waals surface area contributed by atoms with E-state index < -0.39 is 27.3 Å². The number of carbonyl (C=O) groups excluding carboxylic acids is 1. The quantitative estimate of drug-likeness (QED) is 0.259. The number of benzene rings is 2. The van der Waals surface area contributed by atoms with Crippen LogP contribution in [0.15, 0.2) is 48.6 Å². The van der Waals surface area contributed by atoms with Crippen LogP contribution in [0.2, 0.25) is 11.1 Å². The average molecular weight is 652 g/mol. The molecule has 1 aromatic heterocycles. The first-order valence-electron chi connectivity index (χ1n) is 15.4. The molecule has 0 radical (unpaired) electrons. The maximum Gasteiger partial charge on any atom is 0.318 e. The molecule has 2 aromatic carbocycles. The fourth-order valence-electron chi connectivity index (χ4n) is 6.69. The molecule has 3 aliphatic rings. The summed E-state index contributed by atoms with van der Waals surface area (Å²) in [4.78, 5) is 28.5. The van der Waals surface area contributed by atoms with Crippen LogP contribution in [0.5, 0.6) is 6.01 Å². The maximum atomic E-state index is 12.8. The van der Waals surface area contributed by atoms with Crippen molar-refractivity contribution in [2.45, 2.75) is 44.3 Å². The molecule has 0 saturated carbocycles. The normalized spacial score (nSPS) is 20.7. The molecular formula is C32H36ClF2N7O2Si. The van der Waals surface area contributed by atoms with E-state index in [2.05, 4.69) is 45.7 Å². The van der Waals surface area contributed by atoms with Gasteiger partial charge in [-0.15, -0.1) is 0 Å². The van der Waals surface area contributed by atoms with Gasteiger partial charge in [0.15, 0.2) is 8.96 Å². The zero-order chi connectivity index (χ0) is 31.5. The molecule has 2 saturated heterocycles. The van der Waals surface area contributed by atoms with E-state index in [4.69, 9.17) is 26.3 Å². The van der Waals surface area contributed by atoms with Gasteiger partial charge in [0.25, 0.3) is 6.43 Å². The fourth-order valence-corrected chi connectivity index (χ4v) is 9.37. The topological polar surface area (TPSA) is 88.8 Å². The van der Waals surface area contributed by atoms with E-state index in [1.165, 1.54) is 17.4 Å². The lowest BCUT2D eigenvalue weighted by Crippen LogP contribution is -2.55. The molecule has 0 aliphatic carbocycles. The number of rotatable bonds is 8. The number of halogens is 3. The summed E-state index contributed by atoms with van der Waals surface area (Å²) in [5.41, 5.74) is 2.94. The molecule has 0 unspecified atom stereocenters. The number of nitriles is 1. The van der Waals surface area contributed by atoms with E-state index in [-0.39, 0.29) is 13.0 Å². The largest absolute Gasteiger partial charge is 0.466 e. The van der Waals surface area contributed by atoms with Gasteiger partial charge in [0.2, 0.25) is 5.91 Å². The second-order valence-electron chi connectivity index (χ2n) is 11.8. The van der Waals surface area contributed by atoms with Crippen LogP contribution in [-0.2, 0) is 17.8 Å². The number of aromatic nitrogens is 2. The fraction of sp³-hybridized carbons (Fsp3) is 0.438. The highest BCUT2D eigenvalue weighted by atomic mass is 35.5. The highest BCUT2D eigenvalue weighted by Gasteiger charge is 2.34. The first-order valence-corrected chi connectivity index (χ1v) is 17.9. The van der Waals surface area contributed by atoms with Gasteiger partial charge in [-0.05, 0) is 56.1 Å². The van der Waals surface area contributed by atoms with Crippen LogP contribution < -0.4 is 14.5 Å². The van der Waals surface area contributed by atoms with Crippen molar-refractivity contribution < 1.29 is 18.3 Å². The zero-order valence-electron chi connectivity index (χ0n) is 25.2. The first kappa shape index (κ1) is 31.2. The molecule has 3 aliphatic heterocycles. The van der Waals surface area contributed by atoms with Gasteiger partial charge in [0.1, 0.15) is 5.82 Å². The average Bonchev–Trinajstić information content (AvgIpc) is 3.46. The molecule has 13 heteroatoms. The number of carbonyl (C=O) groups is 1. The van der Waals surface area contributed by atoms with Gasteiger partial charge in [-0.1, -0.05) is 35.9 Å². The Morgan fingerprint density at radius 3 is 2.76 bits per heavy atom. The number of fused-ring (bicyclic) bond motifs is 2. The van der Waals surface area contributed by atoms with Crippen LogP contribution in [0.1, 0.15) is 24.1 Å². The highest BCUT2D eigenvalue weighted by Crippen LogP contribution is 2.37. The summed E-state index contributed by atoms with van der Waals surface area (Å²) in [6, 6.07) is 15.3. The molecule has 2 fully saturated rings. The molecule has 2 atom stereocenters. The van der Waals surface area contributed by atoms with Crippen LogP contribution >= 0.6 is 11.6 Å². The van der Waals surface area contributed by atoms with Crippen molar-refractivity contribution in [3.8, 4) is 12.1 Å². The Hall–Kier alpha value is -3.79. The Morgan fingerprint density at radius 2 is 2.00 bits per heavy atom. The Balaban J connectivity index is 1.32. The smallest absolute Gasteiger partial charge is 0.318 e. The third-order valence-corrected chi connectivity index (χ3v) is 12.5. The maximum absolute atomic E-state index is 12.8. The summed E-state index contributed by atoms with van der Waals surface area (Å²) in [7, 11) is 0.937. The molecule has 0 bridgehead atoms. The van der Waals surface area contributed by atoms with E-state index in [0.29, 0.717) is 49.4 Å². The van der Waals surface area contributed by atoms with Crippen molar-refractivity contribution in [1.29, 1.82) is 5.26 Å². The van der Waals surface area contributed by atoms with Crippen LogP contribution in [0.25, 0.3) is 10.8 Å². The van der Waals surface area contributed by atoms with Crippen molar-refractivity contribution in [2.24, 2.45) is 0 Å². The molecule has 0 N–H and O–H groups in total. The lowest BCUT2D eigenvalue weighted by Gasteiger charge is -2.42. The van der Waals surface area contributed by atoms with Crippen molar-refractivity contribution in [3.63, 3.8) is 0 Å². The second kappa shape index (κ2) is 13.7. The summed E-state index contributed by atoms with van der Waals surface area (Å²) >= 11 is 6.69. The molecule has 6 rings (SSSR count). The third-order valence-electron chi connectivity index (χ3n) is 9.05. The molecule has 9 nitrogen and oxygen atoms in total. The molecule has 3 aromatic rings. The van der Waals surface area contributed by atoms with Gasteiger partial charge in [-0.2, -0.15) is 15.2 Å². The Morgan fingerprint density at radius 1 is 1.18 bits per heavy atom. The minimum Gasteiger partial charge on any atom is -0.466 e. The summed E-state index contributed by atoms with van der Waals surface area (Å²) in [6.45, 7) is 3.45. The number of hydrogen-bond acceptors (Lipinski definition) is 8. The first-order chi connectivity index (χ1) is 21.8. The Bertz CT molecular complexity index is 1630. The van der Waals surface area contributed by atoms with E-state index in [9.17, 15) is 18.8 Å². The molecule has 236 valence electrons. The van der Waals surface area contributed by atoms with E-state index >= 15 is 0 Å². The predicted molar refractivity (Wildman–Crippen MR) is 174 cm³/mol. The predicted octanol–water partition coefficient (Wildman–Crippen LogP) is 4.58. The monoisotopic (exact) mass is 651 g/mol. The second-order valence-corrected chi connectivity index (χ2v) is 15.3. The van der Waals surface area contributed by atoms with Gasteiger partial charge < -0.3 is 24.0 Å². The number of anilines is 2. The van der Waals surface area contributed by atoms with Gasteiger partial charge in [0, 0.05) is 48.9 Å². The summed E-state index contributed by atoms with van der Waals surface area (Å²) in [6.07, 6.45) is 1.34. The van der Waals surface area contributed by atoms with E-state index in [1.54, 1.807) is 0 Å². The summed E-state index contributed by atoms with van der Waals surface area (Å²) < 4.78 is 34.2. The SMILES string of the molecule is CN1CCC[Si@H]1COc1nc2c(c(N3CCN(C(=O)/C=C/C(F)F)[C@@H](CC#N)C3)n1)CCN(c1cccc3cccc(Cl)c13)C2. The lowest BCUT2D eigenvalue weighted by atomic mass is 10.0. The van der Waals surface area contributed by atoms with Crippen LogP contribution in [0.4, 0.5) is 20.3 Å². The third kappa shape index (κ3) is 6.76. The zero-order valence-corrected chi connectivity index (χ0v) is 27.1. The molecule has 4 heterocycles. The number of nitrogens with zero attached hydrogens (tertiary/aromatic N) is 7. The molecule has 1 amide bonds. The summed E-state index contributed by atoms with van der Waals surface area (Å²) in [5, 5.41) is 12.3. The number of piperazine rings is 1. The highest BCUT2D eigenvalue weighted by molar-refractivity contribution is 6.56. The molecule has 45 heavy (non-hydrogen) atoms.